The normalized spacial score (nSPS) is 12.0. The molecule has 0 saturated heterocycles. The topological polar surface area (TPSA) is 92.5 Å². The molecule has 0 atom stereocenters. The third kappa shape index (κ3) is 5.13. The number of amides is 1. The molecule has 3 aromatic rings. The van der Waals surface area contributed by atoms with Crippen LogP contribution in [0.25, 0.3) is 11.3 Å². The molecule has 3 rings (SSSR count). The molecule has 32 heavy (non-hydrogen) atoms. The molecule has 0 aliphatic carbocycles. The summed E-state index contributed by atoms with van der Waals surface area (Å²) in [4.78, 5) is 16.6. The lowest BCUT2D eigenvalue weighted by Gasteiger charge is -2.27. The lowest BCUT2D eigenvalue weighted by Crippen LogP contribution is -2.36. The highest BCUT2D eigenvalue weighted by atomic mass is 32.2. The summed E-state index contributed by atoms with van der Waals surface area (Å²) in [6.07, 6.45) is 2.59. The summed E-state index contributed by atoms with van der Waals surface area (Å²) in [7, 11) is -4.22. The van der Waals surface area contributed by atoms with Gasteiger partial charge in [-0.1, -0.05) is 20.8 Å². The zero-order chi connectivity index (χ0) is 23.7. The molecule has 0 unspecified atom stereocenters. The highest BCUT2D eigenvalue weighted by molar-refractivity contribution is 7.90. The number of carboxylic acid groups (broad SMARTS) is 1. The first-order chi connectivity index (χ1) is 14.9. The molecule has 0 spiro atoms. The number of hydrogen-bond donors (Lipinski definition) is 1. The number of hydrogen-bond acceptors (Lipinski definition) is 4. The van der Waals surface area contributed by atoms with Crippen LogP contribution in [0.2, 0.25) is 0 Å². The summed E-state index contributed by atoms with van der Waals surface area (Å²) < 4.78 is 55.8. The maximum Gasteiger partial charge on any atom is 0.407 e. The molecule has 10 heteroatoms. The van der Waals surface area contributed by atoms with Crippen LogP contribution in [0.1, 0.15) is 26.3 Å². The van der Waals surface area contributed by atoms with E-state index in [2.05, 4.69) is 4.98 Å². The van der Waals surface area contributed by atoms with Crippen molar-refractivity contribution >= 4 is 16.1 Å². The summed E-state index contributed by atoms with van der Waals surface area (Å²) in [6.45, 7) is 5.66. The van der Waals surface area contributed by atoms with Gasteiger partial charge in [0.1, 0.15) is 16.5 Å². The summed E-state index contributed by atoms with van der Waals surface area (Å²) in [5.74, 6) is -1.56. The van der Waals surface area contributed by atoms with E-state index in [-0.39, 0.29) is 34.7 Å². The minimum atomic E-state index is -4.22. The first kappa shape index (κ1) is 23.4. The number of rotatable bonds is 6. The van der Waals surface area contributed by atoms with Crippen LogP contribution in [-0.4, -0.2) is 40.0 Å². The van der Waals surface area contributed by atoms with Gasteiger partial charge in [0.05, 0.1) is 12.2 Å². The van der Waals surface area contributed by atoms with Crippen molar-refractivity contribution in [2.45, 2.75) is 32.2 Å². The number of halogens is 2. The Balaban J connectivity index is 2.16. The number of nitrogens with zero attached hydrogens (tertiary/aromatic N) is 3. The quantitative estimate of drug-likeness (QED) is 0.577. The maximum atomic E-state index is 14.6. The van der Waals surface area contributed by atoms with Crippen molar-refractivity contribution in [2.75, 3.05) is 6.54 Å². The van der Waals surface area contributed by atoms with Gasteiger partial charge in [0.25, 0.3) is 10.0 Å². The van der Waals surface area contributed by atoms with Crippen molar-refractivity contribution in [3.63, 3.8) is 0 Å². The maximum absolute atomic E-state index is 14.6. The van der Waals surface area contributed by atoms with Crippen molar-refractivity contribution in [1.29, 1.82) is 0 Å². The van der Waals surface area contributed by atoms with Gasteiger partial charge < -0.3 is 10.0 Å². The average molecular weight is 464 g/mol. The molecule has 1 amide bonds. The van der Waals surface area contributed by atoms with Crippen LogP contribution in [0, 0.1) is 17.0 Å². The van der Waals surface area contributed by atoms with E-state index in [9.17, 15) is 27.1 Å². The molecule has 0 aliphatic heterocycles. The van der Waals surface area contributed by atoms with Gasteiger partial charge in [-0.15, -0.1) is 0 Å². The second kappa shape index (κ2) is 8.70. The molecule has 2 aromatic heterocycles. The number of pyridine rings is 1. The fraction of sp³-hybridized carbons (Fsp3) is 0.273. The Kier molecular flexibility index (Phi) is 6.36. The summed E-state index contributed by atoms with van der Waals surface area (Å²) in [5.41, 5.74) is -0.425. The SMILES string of the molecule is CC(C)(C)CN(Cc1cc(-c2cc(F)ccc2F)n(S(=O)(=O)c2cccnc2)c1)C(=O)O. The molecule has 0 fully saturated rings. The van der Waals surface area contributed by atoms with Crippen molar-refractivity contribution in [3.05, 3.63) is 72.2 Å². The number of benzene rings is 1. The van der Waals surface area contributed by atoms with E-state index >= 15 is 0 Å². The van der Waals surface area contributed by atoms with Crippen molar-refractivity contribution < 1.29 is 27.1 Å². The zero-order valence-electron chi connectivity index (χ0n) is 17.8. The third-order valence-corrected chi connectivity index (χ3v) is 6.20. The molecular formula is C22H23F2N3O4S. The zero-order valence-corrected chi connectivity index (χ0v) is 18.6. The molecule has 2 heterocycles. The van der Waals surface area contributed by atoms with Crippen LogP contribution in [0.15, 0.2) is 59.9 Å². The van der Waals surface area contributed by atoms with E-state index in [1.54, 1.807) is 0 Å². The smallest absolute Gasteiger partial charge is 0.407 e. The van der Waals surface area contributed by atoms with Gasteiger partial charge in [-0.3, -0.25) is 4.98 Å². The standard InChI is InChI=1S/C22H23F2N3O4S/c1-22(2,3)14-26(21(28)29)12-15-9-20(18-10-16(23)6-7-19(18)24)27(13-15)32(30,31)17-5-4-8-25-11-17/h4-11,13H,12,14H2,1-3H3,(H,28,29). The molecule has 7 nitrogen and oxygen atoms in total. The van der Waals surface area contributed by atoms with Gasteiger partial charge >= 0.3 is 6.09 Å². The predicted molar refractivity (Wildman–Crippen MR) is 114 cm³/mol. The van der Waals surface area contributed by atoms with Gasteiger partial charge in [-0.2, -0.15) is 0 Å². The van der Waals surface area contributed by atoms with Crippen LogP contribution < -0.4 is 0 Å². The van der Waals surface area contributed by atoms with E-state index in [1.165, 1.54) is 30.6 Å². The van der Waals surface area contributed by atoms with Crippen LogP contribution in [0.4, 0.5) is 13.6 Å². The Morgan fingerprint density at radius 3 is 2.50 bits per heavy atom. The van der Waals surface area contributed by atoms with Crippen molar-refractivity contribution in [3.8, 4) is 11.3 Å². The Morgan fingerprint density at radius 2 is 1.91 bits per heavy atom. The van der Waals surface area contributed by atoms with Gasteiger partial charge in [0, 0.05) is 30.7 Å². The first-order valence-electron chi connectivity index (χ1n) is 9.69. The van der Waals surface area contributed by atoms with Crippen LogP contribution >= 0.6 is 0 Å². The Hall–Kier alpha value is -3.27. The van der Waals surface area contributed by atoms with Gasteiger partial charge in [0.15, 0.2) is 0 Å². The predicted octanol–water partition coefficient (Wildman–Crippen LogP) is 4.59. The molecule has 0 saturated carbocycles. The van der Waals surface area contributed by atoms with Gasteiger partial charge in [-0.25, -0.2) is 26.0 Å². The highest BCUT2D eigenvalue weighted by Gasteiger charge is 2.26. The molecule has 0 bridgehead atoms. The number of carbonyl (C=O) groups is 1. The Bertz CT molecular complexity index is 1240. The van der Waals surface area contributed by atoms with E-state index in [4.69, 9.17) is 0 Å². The monoisotopic (exact) mass is 463 g/mol. The van der Waals surface area contributed by atoms with E-state index in [0.29, 0.717) is 5.56 Å². The van der Waals surface area contributed by atoms with Crippen molar-refractivity contribution in [1.82, 2.24) is 13.9 Å². The second-order valence-electron chi connectivity index (χ2n) is 8.55. The molecular weight excluding hydrogens is 440 g/mol. The largest absolute Gasteiger partial charge is 0.465 e. The van der Waals surface area contributed by atoms with Crippen LogP contribution in [0.5, 0.6) is 0 Å². The third-order valence-electron chi connectivity index (χ3n) is 4.55. The Labute approximate surface area is 185 Å². The molecule has 0 aliphatic rings. The van der Waals surface area contributed by atoms with E-state index < -0.39 is 27.8 Å². The number of aromatic nitrogens is 2. The van der Waals surface area contributed by atoms with Crippen LogP contribution in [0.3, 0.4) is 0 Å². The fourth-order valence-corrected chi connectivity index (χ4v) is 4.63. The lowest BCUT2D eigenvalue weighted by molar-refractivity contribution is 0.123. The summed E-state index contributed by atoms with van der Waals surface area (Å²) in [6, 6.07) is 6.85. The fourth-order valence-electron chi connectivity index (χ4n) is 3.27. The summed E-state index contributed by atoms with van der Waals surface area (Å²) >= 11 is 0. The molecule has 170 valence electrons. The minimum Gasteiger partial charge on any atom is -0.465 e. The molecule has 1 N–H and O–H groups in total. The van der Waals surface area contributed by atoms with Crippen LogP contribution in [-0.2, 0) is 16.6 Å². The van der Waals surface area contributed by atoms with E-state index in [0.717, 1.165) is 33.3 Å². The second-order valence-corrected chi connectivity index (χ2v) is 10.4. The van der Waals surface area contributed by atoms with E-state index in [1.807, 2.05) is 20.8 Å². The first-order valence-corrected chi connectivity index (χ1v) is 11.1. The van der Waals surface area contributed by atoms with Gasteiger partial charge in [-0.05, 0) is 47.4 Å². The van der Waals surface area contributed by atoms with Gasteiger partial charge in [0.2, 0.25) is 0 Å². The Morgan fingerprint density at radius 1 is 1.19 bits per heavy atom. The lowest BCUT2D eigenvalue weighted by atomic mass is 9.96. The minimum absolute atomic E-state index is 0.123. The average Bonchev–Trinajstić information content (AvgIpc) is 3.13. The molecule has 0 radical (unpaired) electrons. The molecule has 1 aromatic carbocycles. The highest BCUT2D eigenvalue weighted by Crippen LogP contribution is 2.30. The van der Waals surface area contributed by atoms with Crippen molar-refractivity contribution in [2.24, 2.45) is 5.41 Å². The summed E-state index contributed by atoms with van der Waals surface area (Å²) in [5, 5.41) is 9.59.